The first-order valence-corrected chi connectivity index (χ1v) is 8.20. The van der Waals surface area contributed by atoms with Gasteiger partial charge in [-0.1, -0.05) is 30.4 Å². The maximum absolute atomic E-state index is 12.2. The van der Waals surface area contributed by atoms with Crippen LogP contribution >= 0.6 is 0 Å². The Balaban J connectivity index is 1.97. The van der Waals surface area contributed by atoms with Crippen LogP contribution in [0.5, 0.6) is 0 Å². The zero-order valence-electron chi connectivity index (χ0n) is 14.7. The smallest absolute Gasteiger partial charge is 0.252 e. The van der Waals surface area contributed by atoms with Crippen molar-refractivity contribution in [3.63, 3.8) is 0 Å². The summed E-state index contributed by atoms with van der Waals surface area (Å²) < 4.78 is 5.19. The molecule has 6 heteroatoms. The summed E-state index contributed by atoms with van der Waals surface area (Å²) in [6, 6.07) is 9.59. The van der Waals surface area contributed by atoms with Gasteiger partial charge in [0.25, 0.3) is 5.91 Å². The highest BCUT2D eigenvalue weighted by Crippen LogP contribution is 2.08. The summed E-state index contributed by atoms with van der Waals surface area (Å²) in [5.74, 6) is -0.102. The third-order valence-corrected chi connectivity index (χ3v) is 3.67. The molecular formula is C20H22N2O4. The average Bonchev–Trinajstić information content (AvgIpc) is 3.16. The van der Waals surface area contributed by atoms with E-state index >= 15 is 0 Å². The summed E-state index contributed by atoms with van der Waals surface area (Å²) in [6.45, 7) is 1.45. The minimum absolute atomic E-state index is 0.405. The normalized spacial score (nSPS) is 13.7. The number of amides is 2. The number of furan rings is 1. The Bertz CT molecular complexity index is 775. The highest BCUT2D eigenvalue weighted by atomic mass is 16.3. The van der Waals surface area contributed by atoms with E-state index in [1.807, 2.05) is 36.4 Å². The van der Waals surface area contributed by atoms with Crippen molar-refractivity contribution in [2.45, 2.75) is 19.1 Å². The Labute approximate surface area is 152 Å². The van der Waals surface area contributed by atoms with Gasteiger partial charge >= 0.3 is 0 Å². The Morgan fingerprint density at radius 2 is 1.81 bits per heavy atom. The fourth-order valence-corrected chi connectivity index (χ4v) is 2.23. The van der Waals surface area contributed by atoms with E-state index in [1.165, 1.54) is 14.0 Å². The van der Waals surface area contributed by atoms with E-state index < -0.39 is 24.0 Å². The number of aliphatic hydroxyl groups excluding tert-OH is 1. The van der Waals surface area contributed by atoms with Crippen molar-refractivity contribution >= 4 is 24.0 Å². The molecule has 0 saturated carbocycles. The van der Waals surface area contributed by atoms with E-state index in [4.69, 9.17) is 4.42 Å². The number of carbonyl (C=O) groups excluding carboxylic acids is 2. The van der Waals surface area contributed by atoms with E-state index in [9.17, 15) is 14.7 Å². The first-order valence-electron chi connectivity index (χ1n) is 8.20. The lowest BCUT2D eigenvalue weighted by Gasteiger charge is -2.19. The predicted molar refractivity (Wildman–Crippen MR) is 100 cm³/mol. The third kappa shape index (κ3) is 5.46. The fraction of sp³-hybridized carbons (Fsp3) is 0.200. The van der Waals surface area contributed by atoms with Crippen LogP contribution in [-0.2, 0) is 4.79 Å². The molecule has 0 aliphatic carbocycles. The van der Waals surface area contributed by atoms with Gasteiger partial charge in [0.05, 0.1) is 12.4 Å². The van der Waals surface area contributed by atoms with E-state index in [1.54, 1.807) is 30.5 Å². The Morgan fingerprint density at radius 1 is 1.12 bits per heavy atom. The van der Waals surface area contributed by atoms with Gasteiger partial charge in [-0.15, -0.1) is 0 Å². The molecule has 0 bridgehead atoms. The molecule has 136 valence electrons. The quantitative estimate of drug-likeness (QED) is 0.665. The van der Waals surface area contributed by atoms with E-state index in [0.717, 1.165) is 11.3 Å². The molecule has 2 amide bonds. The lowest BCUT2D eigenvalue weighted by molar-refractivity contribution is -0.124. The monoisotopic (exact) mass is 354 g/mol. The maximum Gasteiger partial charge on any atom is 0.252 e. The van der Waals surface area contributed by atoms with Gasteiger partial charge in [-0.2, -0.15) is 0 Å². The van der Waals surface area contributed by atoms with E-state index in [-0.39, 0.29) is 0 Å². The number of likely N-dealkylation sites (N-methyl/N-ethyl adjacent to an activating group) is 1. The standard InChI is InChI=1S/C20H22N2O4/c1-14(23)18(20(25)21-2)22-19(24)16-11-9-15(10-12-16)6-3-4-7-17-8-5-13-26-17/h3-14,18,23H,1-2H3,(H,21,25)(H,22,24)/b6-3+,7-4+. The minimum Gasteiger partial charge on any atom is -0.465 e. The Hall–Kier alpha value is -3.12. The molecule has 26 heavy (non-hydrogen) atoms. The van der Waals surface area contributed by atoms with Crippen LogP contribution in [0.1, 0.15) is 28.6 Å². The minimum atomic E-state index is -1.00. The summed E-state index contributed by atoms with van der Waals surface area (Å²) >= 11 is 0. The molecule has 2 rings (SSSR count). The van der Waals surface area contributed by atoms with Crippen molar-refractivity contribution in [2.24, 2.45) is 0 Å². The van der Waals surface area contributed by atoms with Gasteiger partial charge in [0.2, 0.25) is 5.91 Å². The van der Waals surface area contributed by atoms with Crippen LogP contribution in [0, 0.1) is 0 Å². The van der Waals surface area contributed by atoms with Gasteiger partial charge in [-0.25, -0.2) is 0 Å². The molecule has 0 aliphatic rings. The first-order chi connectivity index (χ1) is 12.5. The van der Waals surface area contributed by atoms with E-state index in [0.29, 0.717) is 5.56 Å². The van der Waals surface area contributed by atoms with Gasteiger partial charge in [-0.05, 0) is 42.8 Å². The highest BCUT2D eigenvalue weighted by molar-refractivity contribution is 5.97. The van der Waals surface area contributed by atoms with Crippen LogP contribution < -0.4 is 10.6 Å². The molecule has 2 atom stereocenters. The highest BCUT2D eigenvalue weighted by Gasteiger charge is 2.24. The Morgan fingerprint density at radius 3 is 2.38 bits per heavy atom. The van der Waals surface area contributed by atoms with Gasteiger partial charge in [0.15, 0.2) is 0 Å². The molecule has 0 aliphatic heterocycles. The van der Waals surface area contributed by atoms with Crippen molar-refractivity contribution in [3.05, 3.63) is 71.7 Å². The van der Waals surface area contributed by atoms with Crippen molar-refractivity contribution < 1.29 is 19.1 Å². The van der Waals surface area contributed by atoms with Gasteiger partial charge in [-0.3, -0.25) is 9.59 Å². The van der Waals surface area contributed by atoms with Crippen LogP contribution in [0.15, 0.2) is 59.2 Å². The second-order valence-electron chi connectivity index (χ2n) is 5.66. The molecule has 2 aromatic rings. The van der Waals surface area contributed by atoms with Gasteiger partial charge in [0.1, 0.15) is 11.8 Å². The topological polar surface area (TPSA) is 91.6 Å². The number of hydrogen-bond acceptors (Lipinski definition) is 4. The second kappa shape index (κ2) is 9.39. The fourth-order valence-electron chi connectivity index (χ4n) is 2.23. The number of aliphatic hydroxyl groups is 1. The van der Waals surface area contributed by atoms with Crippen molar-refractivity contribution in [3.8, 4) is 0 Å². The summed E-state index contributed by atoms with van der Waals surface area (Å²) in [4.78, 5) is 23.9. The van der Waals surface area contributed by atoms with Gasteiger partial charge in [0, 0.05) is 12.6 Å². The lowest BCUT2D eigenvalue weighted by Crippen LogP contribution is -2.51. The molecular weight excluding hydrogens is 332 g/mol. The number of hydrogen-bond donors (Lipinski definition) is 3. The van der Waals surface area contributed by atoms with Gasteiger partial charge < -0.3 is 20.2 Å². The molecule has 0 spiro atoms. The molecule has 1 aromatic heterocycles. The maximum atomic E-state index is 12.2. The lowest BCUT2D eigenvalue weighted by atomic mass is 10.1. The number of carbonyl (C=O) groups is 2. The molecule has 0 saturated heterocycles. The largest absolute Gasteiger partial charge is 0.465 e. The van der Waals surface area contributed by atoms with E-state index in [2.05, 4.69) is 10.6 Å². The summed E-state index contributed by atoms with van der Waals surface area (Å²) in [7, 11) is 1.45. The van der Waals surface area contributed by atoms with Crippen LogP contribution in [0.2, 0.25) is 0 Å². The average molecular weight is 354 g/mol. The summed E-state index contributed by atoms with van der Waals surface area (Å²) in [5, 5.41) is 14.6. The summed E-state index contributed by atoms with van der Waals surface area (Å²) in [5.41, 5.74) is 1.33. The van der Waals surface area contributed by atoms with Crippen molar-refractivity contribution in [2.75, 3.05) is 7.05 Å². The molecule has 0 radical (unpaired) electrons. The molecule has 6 nitrogen and oxygen atoms in total. The molecule has 0 fully saturated rings. The number of nitrogens with one attached hydrogen (secondary N) is 2. The third-order valence-electron chi connectivity index (χ3n) is 3.67. The molecule has 3 N–H and O–H groups in total. The van der Waals surface area contributed by atoms with Crippen molar-refractivity contribution in [1.82, 2.24) is 10.6 Å². The van der Waals surface area contributed by atoms with Crippen LogP contribution in [-0.4, -0.2) is 36.1 Å². The summed E-state index contributed by atoms with van der Waals surface area (Å²) in [6.07, 6.45) is 8.07. The zero-order chi connectivity index (χ0) is 18.9. The second-order valence-corrected chi connectivity index (χ2v) is 5.66. The molecule has 1 aromatic carbocycles. The Kier molecular flexibility index (Phi) is 6.93. The van der Waals surface area contributed by atoms with Crippen molar-refractivity contribution in [1.29, 1.82) is 0 Å². The SMILES string of the molecule is CNC(=O)C(NC(=O)c1ccc(/C=C/C=C/c2ccco2)cc1)C(C)O. The number of benzene rings is 1. The van der Waals surface area contributed by atoms with Crippen LogP contribution in [0.4, 0.5) is 0 Å². The molecule has 1 heterocycles. The number of allylic oxidation sites excluding steroid dienone is 2. The predicted octanol–water partition coefficient (Wildman–Crippen LogP) is 2.23. The van der Waals surface area contributed by atoms with Crippen LogP contribution in [0.3, 0.4) is 0 Å². The molecule has 2 unspecified atom stereocenters. The first kappa shape index (κ1) is 19.2. The zero-order valence-corrected chi connectivity index (χ0v) is 14.7. The van der Waals surface area contributed by atoms with Crippen LogP contribution in [0.25, 0.3) is 12.2 Å². The number of rotatable bonds is 7.